The topological polar surface area (TPSA) is 114 Å². The highest BCUT2D eigenvalue weighted by Gasteiger charge is 2.13. The SMILES string of the molecule is C=CCNC(=O)NC(=O)COC(=O)CNC(=O)c1ccccc1C. The van der Waals surface area contributed by atoms with Gasteiger partial charge in [-0.15, -0.1) is 6.58 Å². The third-order valence-corrected chi connectivity index (χ3v) is 2.81. The lowest BCUT2D eigenvalue weighted by atomic mass is 10.1. The van der Waals surface area contributed by atoms with Crippen molar-refractivity contribution in [3.8, 4) is 0 Å². The first-order valence-corrected chi connectivity index (χ1v) is 7.12. The molecule has 0 radical (unpaired) electrons. The summed E-state index contributed by atoms with van der Waals surface area (Å²) in [6.07, 6.45) is 1.45. The molecule has 8 nitrogen and oxygen atoms in total. The Kier molecular flexibility index (Phi) is 7.69. The standard InChI is InChI=1S/C16H19N3O5/c1-3-8-17-16(23)19-13(20)10-24-14(21)9-18-15(22)12-7-5-4-6-11(12)2/h3-7H,1,8-10H2,2H3,(H,18,22)(H2,17,19,20,23). The summed E-state index contributed by atoms with van der Waals surface area (Å²) in [5.41, 5.74) is 1.22. The van der Waals surface area contributed by atoms with Gasteiger partial charge in [0.1, 0.15) is 6.54 Å². The molecule has 1 aromatic rings. The van der Waals surface area contributed by atoms with Crippen LogP contribution in [0.2, 0.25) is 0 Å². The number of nitrogens with one attached hydrogen (secondary N) is 3. The van der Waals surface area contributed by atoms with Crippen molar-refractivity contribution in [1.82, 2.24) is 16.0 Å². The van der Waals surface area contributed by atoms with Crippen LogP contribution in [-0.2, 0) is 14.3 Å². The van der Waals surface area contributed by atoms with Gasteiger partial charge in [-0.1, -0.05) is 24.3 Å². The zero-order valence-corrected chi connectivity index (χ0v) is 13.3. The zero-order chi connectivity index (χ0) is 17.9. The smallest absolute Gasteiger partial charge is 0.325 e. The van der Waals surface area contributed by atoms with E-state index in [-0.39, 0.29) is 13.1 Å². The van der Waals surface area contributed by atoms with Crippen molar-refractivity contribution in [2.45, 2.75) is 6.92 Å². The summed E-state index contributed by atoms with van der Waals surface area (Å²) >= 11 is 0. The summed E-state index contributed by atoms with van der Waals surface area (Å²) in [4.78, 5) is 45.9. The van der Waals surface area contributed by atoms with Gasteiger partial charge in [-0.2, -0.15) is 0 Å². The van der Waals surface area contributed by atoms with Crippen molar-refractivity contribution in [3.63, 3.8) is 0 Å². The third kappa shape index (κ3) is 6.73. The molecule has 8 heteroatoms. The number of hydrogen-bond donors (Lipinski definition) is 3. The number of imide groups is 1. The predicted octanol–water partition coefficient (Wildman–Crippen LogP) is 0.280. The Morgan fingerprint density at radius 2 is 1.88 bits per heavy atom. The molecule has 1 rings (SSSR count). The number of carbonyl (C=O) groups is 4. The van der Waals surface area contributed by atoms with Gasteiger partial charge < -0.3 is 15.4 Å². The average molecular weight is 333 g/mol. The van der Waals surface area contributed by atoms with Gasteiger partial charge in [0, 0.05) is 12.1 Å². The number of rotatable bonds is 7. The Bertz CT molecular complexity index is 642. The maximum Gasteiger partial charge on any atom is 0.325 e. The fourth-order valence-corrected chi connectivity index (χ4v) is 1.64. The highest BCUT2D eigenvalue weighted by Crippen LogP contribution is 2.06. The molecule has 0 atom stereocenters. The largest absolute Gasteiger partial charge is 0.454 e. The monoisotopic (exact) mass is 333 g/mol. The Balaban J connectivity index is 2.30. The minimum Gasteiger partial charge on any atom is -0.454 e. The van der Waals surface area contributed by atoms with E-state index < -0.39 is 30.4 Å². The number of urea groups is 1. The van der Waals surface area contributed by atoms with Crippen LogP contribution in [0.1, 0.15) is 15.9 Å². The van der Waals surface area contributed by atoms with E-state index >= 15 is 0 Å². The molecule has 3 N–H and O–H groups in total. The number of carbonyl (C=O) groups excluding carboxylic acids is 4. The Labute approximate surface area is 139 Å². The molecule has 0 fully saturated rings. The summed E-state index contributed by atoms with van der Waals surface area (Å²) < 4.78 is 4.66. The Hall–Kier alpha value is -3.16. The zero-order valence-electron chi connectivity index (χ0n) is 13.3. The van der Waals surface area contributed by atoms with Gasteiger partial charge in [-0.25, -0.2) is 4.79 Å². The van der Waals surface area contributed by atoms with Gasteiger partial charge in [-0.05, 0) is 18.6 Å². The van der Waals surface area contributed by atoms with E-state index in [1.807, 2.05) is 5.32 Å². The van der Waals surface area contributed by atoms with Crippen LogP contribution >= 0.6 is 0 Å². The average Bonchev–Trinajstić information content (AvgIpc) is 2.56. The molecule has 0 bridgehead atoms. The highest BCUT2D eigenvalue weighted by molar-refractivity contribution is 5.98. The number of aryl methyl sites for hydroxylation is 1. The van der Waals surface area contributed by atoms with E-state index in [1.165, 1.54) is 6.08 Å². The van der Waals surface area contributed by atoms with E-state index in [2.05, 4.69) is 21.9 Å². The molecule has 0 aliphatic rings. The molecule has 0 heterocycles. The highest BCUT2D eigenvalue weighted by atomic mass is 16.5. The predicted molar refractivity (Wildman–Crippen MR) is 86.2 cm³/mol. The second-order valence-electron chi connectivity index (χ2n) is 4.71. The van der Waals surface area contributed by atoms with E-state index in [9.17, 15) is 19.2 Å². The number of ether oxygens (including phenoxy) is 1. The van der Waals surface area contributed by atoms with Crippen LogP contribution in [0, 0.1) is 6.92 Å². The molecule has 0 aliphatic carbocycles. The van der Waals surface area contributed by atoms with Gasteiger partial charge in [0.25, 0.3) is 11.8 Å². The quantitative estimate of drug-likeness (QED) is 0.490. The molecule has 0 saturated carbocycles. The van der Waals surface area contributed by atoms with Crippen LogP contribution in [0.25, 0.3) is 0 Å². The third-order valence-electron chi connectivity index (χ3n) is 2.81. The second kappa shape index (κ2) is 9.78. The lowest BCUT2D eigenvalue weighted by molar-refractivity contribution is -0.147. The number of esters is 1. The summed E-state index contributed by atoms with van der Waals surface area (Å²) in [7, 11) is 0. The van der Waals surface area contributed by atoms with Crippen molar-refractivity contribution in [1.29, 1.82) is 0 Å². The molecule has 0 unspecified atom stereocenters. The summed E-state index contributed by atoms with van der Waals surface area (Å²) in [5, 5.41) is 6.69. The fourth-order valence-electron chi connectivity index (χ4n) is 1.64. The molecule has 0 aromatic heterocycles. The Morgan fingerprint density at radius 1 is 1.17 bits per heavy atom. The second-order valence-corrected chi connectivity index (χ2v) is 4.71. The van der Waals surface area contributed by atoms with Gasteiger partial charge in [-0.3, -0.25) is 19.7 Å². The fraction of sp³-hybridized carbons (Fsp3) is 0.250. The van der Waals surface area contributed by atoms with Crippen LogP contribution in [0.15, 0.2) is 36.9 Å². The number of hydrogen-bond acceptors (Lipinski definition) is 5. The van der Waals surface area contributed by atoms with Crippen LogP contribution in [0.4, 0.5) is 4.79 Å². The first-order chi connectivity index (χ1) is 11.4. The van der Waals surface area contributed by atoms with Gasteiger partial charge in [0.15, 0.2) is 6.61 Å². The van der Waals surface area contributed by atoms with E-state index in [0.29, 0.717) is 5.56 Å². The minimum atomic E-state index is -0.793. The molecule has 1 aromatic carbocycles. The van der Waals surface area contributed by atoms with Crippen molar-refractivity contribution in [2.24, 2.45) is 0 Å². The summed E-state index contributed by atoms with van der Waals surface area (Å²) in [5.74, 6) is -1.99. The van der Waals surface area contributed by atoms with E-state index in [0.717, 1.165) is 5.56 Å². The summed E-state index contributed by atoms with van der Waals surface area (Å²) in [6.45, 7) is 4.36. The maximum atomic E-state index is 11.9. The Morgan fingerprint density at radius 3 is 2.54 bits per heavy atom. The lowest BCUT2D eigenvalue weighted by Crippen LogP contribution is -2.42. The summed E-state index contributed by atoms with van der Waals surface area (Å²) in [6, 6.07) is 6.19. The van der Waals surface area contributed by atoms with E-state index in [4.69, 9.17) is 0 Å². The first kappa shape index (κ1) is 18.9. The molecule has 0 spiro atoms. The first-order valence-electron chi connectivity index (χ1n) is 7.12. The van der Waals surface area contributed by atoms with Crippen molar-refractivity contribution in [2.75, 3.05) is 19.7 Å². The molecular weight excluding hydrogens is 314 g/mol. The number of benzene rings is 1. The van der Waals surface area contributed by atoms with Gasteiger partial charge >= 0.3 is 12.0 Å². The maximum absolute atomic E-state index is 11.9. The molecule has 0 aliphatic heterocycles. The van der Waals surface area contributed by atoms with Crippen molar-refractivity contribution < 1.29 is 23.9 Å². The van der Waals surface area contributed by atoms with Crippen molar-refractivity contribution >= 4 is 23.8 Å². The normalized spacial score (nSPS) is 9.54. The molecule has 24 heavy (non-hydrogen) atoms. The number of amides is 4. The molecule has 0 saturated heterocycles. The molecular formula is C16H19N3O5. The molecule has 4 amide bonds. The van der Waals surface area contributed by atoms with Gasteiger partial charge in [0.2, 0.25) is 0 Å². The van der Waals surface area contributed by atoms with Crippen molar-refractivity contribution in [3.05, 3.63) is 48.0 Å². The lowest BCUT2D eigenvalue weighted by Gasteiger charge is -2.08. The molecule has 128 valence electrons. The van der Waals surface area contributed by atoms with Gasteiger partial charge in [0.05, 0.1) is 0 Å². The van der Waals surface area contributed by atoms with Crippen LogP contribution < -0.4 is 16.0 Å². The van der Waals surface area contributed by atoms with Crippen LogP contribution in [-0.4, -0.2) is 43.5 Å². The minimum absolute atomic E-state index is 0.198. The van der Waals surface area contributed by atoms with E-state index in [1.54, 1.807) is 31.2 Å². The van der Waals surface area contributed by atoms with Crippen LogP contribution in [0.3, 0.4) is 0 Å². The van der Waals surface area contributed by atoms with Crippen LogP contribution in [0.5, 0.6) is 0 Å².